The number of aliphatic carboxylic acids is 1. The molecule has 1 fully saturated rings. The summed E-state index contributed by atoms with van der Waals surface area (Å²) in [6.07, 6.45) is 3.04. The van der Waals surface area contributed by atoms with E-state index in [2.05, 4.69) is 5.32 Å². The largest absolute Gasteiger partial charge is 0.496 e. The van der Waals surface area contributed by atoms with E-state index in [0.29, 0.717) is 24.3 Å². The van der Waals surface area contributed by atoms with Gasteiger partial charge in [-0.2, -0.15) is 0 Å². The predicted molar refractivity (Wildman–Crippen MR) is 76.7 cm³/mol. The summed E-state index contributed by atoms with van der Waals surface area (Å²) in [7, 11) is 1.43. The molecular formula is C14H18N2O5. The highest BCUT2D eigenvalue weighted by Gasteiger charge is 2.41. The van der Waals surface area contributed by atoms with Gasteiger partial charge in [0.2, 0.25) is 0 Å². The Balaban J connectivity index is 2.17. The Morgan fingerprint density at radius 1 is 1.43 bits per heavy atom. The second-order valence-electron chi connectivity index (χ2n) is 5.32. The molecule has 0 heterocycles. The third-order valence-corrected chi connectivity index (χ3v) is 3.98. The van der Waals surface area contributed by atoms with Crippen LogP contribution in [0.1, 0.15) is 25.7 Å². The van der Waals surface area contributed by atoms with Gasteiger partial charge in [0.15, 0.2) is 0 Å². The van der Waals surface area contributed by atoms with Crippen LogP contribution in [0, 0.1) is 15.5 Å². The van der Waals surface area contributed by atoms with Crippen LogP contribution in [0.2, 0.25) is 0 Å². The van der Waals surface area contributed by atoms with E-state index in [4.69, 9.17) is 4.74 Å². The summed E-state index contributed by atoms with van der Waals surface area (Å²) in [5, 5.41) is 23.3. The van der Waals surface area contributed by atoms with Gasteiger partial charge in [0, 0.05) is 24.4 Å². The van der Waals surface area contributed by atoms with Crippen LogP contribution in [0.25, 0.3) is 0 Å². The topological polar surface area (TPSA) is 102 Å². The molecular weight excluding hydrogens is 276 g/mol. The average molecular weight is 294 g/mol. The Hall–Kier alpha value is -2.31. The Morgan fingerprint density at radius 2 is 2.10 bits per heavy atom. The zero-order valence-corrected chi connectivity index (χ0v) is 11.8. The van der Waals surface area contributed by atoms with Gasteiger partial charge in [-0.15, -0.1) is 0 Å². The normalized spacial score (nSPS) is 16.4. The van der Waals surface area contributed by atoms with E-state index in [9.17, 15) is 20.0 Å². The second-order valence-corrected chi connectivity index (χ2v) is 5.32. The molecule has 1 aliphatic carbocycles. The van der Waals surface area contributed by atoms with Crippen molar-refractivity contribution in [1.29, 1.82) is 0 Å². The molecule has 0 amide bonds. The molecule has 0 spiro atoms. The summed E-state index contributed by atoms with van der Waals surface area (Å²) in [4.78, 5) is 21.8. The molecule has 7 heteroatoms. The summed E-state index contributed by atoms with van der Waals surface area (Å²) >= 11 is 0. The Morgan fingerprint density at radius 3 is 2.62 bits per heavy atom. The summed E-state index contributed by atoms with van der Waals surface area (Å²) in [5.74, 6) is -0.451. The van der Waals surface area contributed by atoms with Crippen molar-refractivity contribution in [1.82, 2.24) is 0 Å². The number of benzene rings is 1. The number of carboxylic acid groups (broad SMARTS) is 1. The quantitative estimate of drug-likeness (QED) is 0.617. The number of nitro groups is 1. The van der Waals surface area contributed by atoms with Crippen LogP contribution in [-0.4, -0.2) is 29.7 Å². The van der Waals surface area contributed by atoms with E-state index in [1.807, 2.05) is 0 Å². The average Bonchev–Trinajstić information content (AvgIpc) is 2.95. The number of carboxylic acids is 1. The van der Waals surface area contributed by atoms with Gasteiger partial charge < -0.3 is 15.2 Å². The number of nitrogens with zero attached hydrogens (tertiary/aromatic N) is 1. The van der Waals surface area contributed by atoms with Gasteiger partial charge in [0.1, 0.15) is 5.75 Å². The van der Waals surface area contributed by atoms with Crippen LogP contribution >= 0.6 is 0 Å². The monoisotopic (exact) mass is 294 g/mol. The maximum Gasteiger partial charge on any atom is 0.311 e. The van der Waals surface area contributed by atoms with E-state index >= 15 is 0 Å². The Bertz CT molecular complexity index is 552. The van der Waals surface area contributed by atoms with E-state index in [1.54, 1.807) is 6.07 Å². The highest BCUT2D eigenvalue weighted by atomic mass is 16.6. The molecule has 0 saturated heterocycles. The fourth-order valence-electron chi connectivity index (χ4n) is 2.70. The van der Waals surface area contributed by atoms with Crippen molar-refractivity contribution in [2.75, 3.05) is 19.0 Å². The van der Waals surface area contributed by atoms with Crippen molar-refractivity contribution in [3.05, 3.63) is 28.3 Å². The van der Waals surface area contributed by atoms with Gasteiger partial charge in [-0.1, -0.05) is 12.8 Å². The molecule has 1 saturated carbocycles. The molecule has 0 bridgehead atoms. The number of ether oxygens (including phenoxy) is 1. The van der Waals surface area contributed by atoms with Crippen LogP contribution < -0.4 is 10.1 Å². The number of hydrogen-bond donors (Lipinski definition) is 2. The van der Waals surface area contributed by atoms with Gasteiger partial charge >= 0.3 is 5.97 Å². The van der Waals surface area contributed by atoms with Crippen molar-refractivity contribution in [3.8, 4) is 5.75 Å². The van der Waals surface area contributed by atoms with Crippen LogP contribution in [0.3, 0.4) is 0 Å². The lowest BCUT2D eigenvalue weighted by Gasteiger charge is -2.24. The van der Waals surface area contributed by atoms with Gasteiger partial charge in [0.25, 0.3) is 5.69 Å². The number of hydrogen-bond acceptors (Lipinski definition) is 5. The molecule has 1 aromatic carbocycles. The number of rotatable bonds is 6. The molecule has 0 radical (unpaired) electrons. The van der Waals surface area contributed by atoms with Crippen molar-refractivity contribution < 1.29 is 19.6 Å². The van der Waals surface area contributed by atoms with Crippen molar-refractivity contribution in [2.45, 2.75) is 25.7 Å². The summed E-state index contributed by atoms with van der Waals surface area (Å²) < 4.78 is 5.03. The molecule has 1 aliphatic rings. The van der Waals surface area contributed by atoms with Crippen molar-refractivity contribution in [2.24, 2.45) is 5.41 Å². The highest BCUT2D eigenvalue weighted by Crippen LogP contribution is 2.39. The third-order valence-electron chi connectivity index (χ3n) is 3.98. The van der Waals surface area contributed by atoms with E-state index in [1.165, 1.54) is 19.2 Å². The number of nitro benzene ring substituents is 1. The summed E-state index contributed by atoms with van der Waals surface area (Å²) in [6.45, 7) is 0.257. The van der Waals surface area contributed by atoms with Crippen LogP contribution in [0.4, 0.5) is 11.4 Å². The van der Waals surface area contributed by atoms with Gasteiger partial charge in [0.05, 0.1) is 23.5 Å². The first-order chi connectivity index (χ1) is 9.97. The molecule has 2 N–H and O–H groups in total. The smallest absolute Gasteiger partial charge is 0.311 e. The lowest BCUT2D eigenvalue weighted by Crippen LogP contribution is -2.35. The molecule has 0 unspecified atom stereocenters. The zero-order chi connectivity index (χ0) is 15.5. The molecule has 0 aromatic heterocycles. The number of non-ortho nitro benzene ring substituents is 1. The van der Waals surface area contributed by atoms with Crippen LogP contribution in [0.15, 0.2) is 18.2 Å². The SMILES string of the molecule is COc1cc(NCC2(C(=O)O)CCCC2)cc([N+](=O)[O-])c1. The maximum atomic E-state index is 11.5. The molecule has 7 nitrogen and oxygen atoms in total. The lowest BCUT2D eigenvalue weighted by atomic mass is 9.86. The molecule has 0 aliphatic heterocycles. The Labute approximate surface area is 122 Å². The fourth-order valence-corrected chi connectivity index (χ4v) is 2.70. The first-order valence-electron chi connectivity index (χ1n) is 6.78. The molecule has 2 rings (SSSR count). The van der Waals surface area contributed by atoms with E-state index in [-0.39, 0.29) is 12.2 Å². The number of anilines is 1. The number of methoxy groups -OCH3 is 1. The van der Waals surface area contributed by atoms with E-state index < -0.39 is 16.3 Å². The second kappa shape index (κ2) is 5.99. The number of carbonyl (C=O) groups is 1. The first kappa shape index (κ1) is 15.1. The molecule has 0 atom stereocenters. The van der Waals surface area contributed by atoms with Gasteiger partial charge in [-0.05, 0) is 12.8 Å². The summed E-state index contributed by atoms with van der Waals surface area (Å²) in [6, 6.07) is 4.33. The Kier molecular flexibility index (Phi) is 4.30. The zero-order valence-electron chi connectivity index (χ0n) is 11.8. The van der Waals surface area contributed by atoms with Crippen LogP contribution in [-0.2, 0) is 4.79 Å². The van der Waals surface area contributed by atoms with Crippen molar-refractivity contribution >= 4 is 17.3 Å². The minimum absolute atomic E-state index is 0.0901. The molecule has 21 heavy (non-hydrogen) atoms. The molecule has 1 aromatic rings. The first-order valence-corrected chi connectivity index (χ1v) is 6.78. The van der Waals surface area contributed by atoms with Crippen LogP contribution in [0.5, 0.6) is 5.75 Å². The summed E-state index contributed by atoms with van der Waals surface area (Å²) in [5.41, 5.74) is -0.376. The third kappa shape index (κ3) is 3.24. The van der Waals surface area contributed by atoms with E-state index in [0.717, 1.165) is 12.8 Å². The maximum absolute atomic E-state index is 11.5. The minimum Gasteiger partial charge on any atom is -0.496 e. The predicted octanol–water partition coefficient (Wildman–Crippen LogP) is 2.66. The minimum atomic E-state index is -0.815. The fraction of sp³-hybridized carbons (Fsp3) is 0.500. The van der Waals surface area contributed by atoms with Gasteiger partial charge in [-0.25, -0.2) is 0 Å². The highest BCUT2D eigenvalue weighted by molar-refractivity contribution is 5.76. The number of nitrogens with one attached hydrogen (secondary N) is 1. The van der Waals surface area contributed by atoms with Crippen molar-refractivity contribution in [3.63, 3.8) is 0 Å². The standard InChI is InChI=1S/C14H18N2O5/c1-21-12-7-10(6-11(8-12)16(19)20)15-9-14(13(17)18)4-2-3-5-14/h6-8,15H,2-5,9H2,1H3,(H,17,18). The lowest BCUT2D eigenvalue weighted by molar-refractivity contribution is -0.384. The molecule has 114 valence electrons. The van der Waals surface area contributed by atoms with Gasteiger partial charge in [-0.3, -0.25) is 14.9 Å².